The van der Waals surface area contributed by atoms with Gasteiger partial charge in [0.2, 0.25) is 0 Å². The van der Waals surface area contributed by atoms with Gasteiger partial charge >= 0.3 is 0 Å². The molecule has 0 unspecified atom stereocenters. The molecular weight excluding hydrogens is 287 g/mol. The minimum atomic E-state index is 0.910. The summed E-state index contributed by atoms with van der Waals surface area (Å²) in [5, 5.41) is 0. The van der Waals surface area contributed by atoms with E-state index < -0.39 is 0 Å². The number of hydrogen-bond donors (Lipinski definition) is 0. The van der Waals surface area contributed by atoms with Crippen molar-refractivity contribution < 1.29 is 4.74 Å². The average Bonchev–Trinajstić information content (AvgIpc) is 3.07. The van der Waals surface area contributed by atoms with Crippen LogP contribution in [0.1, 0.15) is 70.1 Å². The third kappa shape index (κ3) is 6.97. The minimum absolute atomic E-state index is 0.910. The predicted molar refractivity (Wildman–Crippen MR) is 104 cm³/mol. The molecule has 1 aromatic rings. The molecule has 1 aliphatic rings. The molecule has 0 atom stereocenters. The van der Waals surface area contributed by atoms with Crippen molar-refractivity contribution in [3.05, 3.63) is 28.8 Å². The Kier molecular flexibility index (Phi) is 11.3. The van der Waals surface area contributed by atoms with Gasteiger partial charge in [-0.2, -0.15) is 0 Å². The van der Waals surface area contributed by atoms with Crippen LogP contribution in [0.25, 0.3) is 0 Å². The molecule has 0 aromatic heterocycles. The summed E-state index contributed by atoms with van der Waals surface area (Å²) in [6.45, 7) is 12.9. The molecule has 126 valence electrons. The Balaban J connectivity index is 0.000000382. The Hall–Kier alpha value is -0.810. The summed E-state index contributed by atoms with van der Waals surface area (Å²) in [5.74, 6) is 4.78. The van der Waals surface area contributed by atoms with Gasteiger partial charge in [-0.1, -0.05) is 53.4 Å². The molecule has 1 fully saturated rings. The largest absolute Gasteiger partial charge is 0.496 e. The van der Waals surface area contributed by atoms with Crippen molar-refractivity contribution in [1.29, 1.82) is 0 Å². The van der Waals surface area contributed by atoms with Gasteiger partial charge in [-0.3, -0.25) is 0 Å². The number of benzene rings is 1. The van der Waals surface area contributed by atoms with Crippen LogP contribution < -0.4 is 4.74 Å². The summed E-state index contributed by atoms with van der Waals surface area (Å²) in [4.78, 5) is 0. The first-order valence-electron chi connectivity index (χ1n) is 8.65. The number of methoxy groups -OCH3 is 1. The number of ether oxygens (including phenoxy) is 1. The maximum absolute atomic E-state index is 5.21. The van der Waals surface area contributed by atoms with E-state index in [0.717, 1.165) is 23.1 Å². The van der Waals surface area contributed by atoms with Crippen LogP contribution in [0.3, 0.4) is 0 Å². The summed E-state index contributed by atoms with van der Waals surface area (Å²) in [6, 6.07) is 4.14. The monoisotopic (exact) mass is 322 g/mol. The van der Waals surface area contributed by atoms with E-state index in [2.05, 4.69) is 42.6 Å². The number of aryl methyl sites for hydroxylation is 2. The fourth-order valence-corrected chi connectivity index (χ4v) is 2.95. The zero-order valence-corrected chi connectivity index (χ0v) is 16.6. The van der Waals surface area contributed by atoms with Crippen LogP contribution in [-0.4, -0.2) is 12.9 Å². The Bertz CT molecular complexity index is 432. The van der Waals surface area contributed by atoms with Gasteiger partial charge in [0.05, 0.1) is 7.11 Å². The maximum Gasteiger partial charge on any atom is 0.126 e. The molecule has 0 amide bonds. The third-order valence-corrected chi connectivity index (χ3v) is 4.66. The summed E-state index contributed by atoms with van der Waals surface area (Å²) in [6.07, 6.45) is 5.97. The first-order valence-corrected chi connectivity index (χ1v) is 9.23. The SMILES string of the molecule is CC.CC(C)C1CCCC1.COc1cc(C)c(C)cc1C=P. The normalized spacial score (nSPS) is 13.8. The van der Waals surface area contributed by atoms with Gasteiger partial charge in [-0.25, -0.2) is 0 Å². The second-order valence-corrected chi connectivity index (χ2v) is 6.40. The van der Waals surface area contributed by atoms with Gasteiger partial charge in [0, 0.05) is 5.56 Å². The third-order valence-electron chi connectivity index (χ3n) is 4.34. The molecule has 2 heteroatoms. The molecule has 0 radical (unpaired) electrons. The van der Waals surface area contributed by atoms with E-state index in [1.54, 1.807) is 7.11 Å². The van der Waals surface area contributed by atoms with Crippen molar-refractivity contribution in [2.24, 2.45) is 11.8 Å². The van der Waals surface area contributed by atoms with Gasteiger partial charge in [-0.05, 0) is 54.7 Å². The highest BCUT2D eigenvalue weighted by Crippen LogP contribution is 2.30. The van der Waals surface area contributed by atoms with Crippen molar-refractivity contribution in [1.82, 2.24) is 0 Å². The van der Waals surface area contributed by atoms with E-state index in [-0.39, 0.29) is 0 Å². The van der Waals surface area contributed by atoms with Gasteiger partial charge in [0.15, 0.2) is 0 Å². The fourth-order valence-electron chi connectivity index (χ4n) is 2.73. The van der Waals surface area contributed by atoms with Crippen molar-refractivity contribution >= 4 is 14.7 Å². The molecule has 0 heterocycles. The quantitative estimate of drug-likeness (QED) is 0.580. The molecule has 22 heavy (non-hydrogen) atoms. The Morgan fingerprint density at radius 2 is 1.59 bits per heavy atom. The smallest absolute Gasteiger partial charge is 0.126 e. The number of hydrogen-bond acceptors (Lipinski definition) is 1. The maximum atomic E-state index is 5.21. The molecule has 0 spiro atoms. The lowest BCUT2D eigenvalue weighted by molar-refractivity contribution is 0.396. The number of rotatable bonds is 3. The molecule has 1 aliphatic carbocycles. The molecule has 2 rings (SSSR count). The van der Waals surface area contributed by atoms with E-state index in [0.29, 0.717) is 0 Å². The lowest BCUT2D eigenvalue weighted by atomic mass is 9.95. The average molecular weight is 322 g/mol. The zero-order chi connectivity index (χ0) is 17.1. The van der Waals surface area contributed by atoms with Gasteiger partial charge in [0.1, 0.15) is 5.75 Å². The lowest BCUT2D eigenvalue weighted by Crippen LogP contribution is -2.01. The van der Waals surface area contributed by atoms with Crippen molar-refractivity contribution in [3.8, 4) is 5.75 Å². The van der Waals surface area contributed by atoms with Crippen LogP contribution in [0, 0.1) is 25.7 Å². The van der Waals surface area contributed by atoms with Crippen molar-refractivity contribution in [2.45, 2.75) is 67.2 Å². The molecule has 0 N–H and O–H groups in total. The Labute approximate surface area is 140 Å². The van der Waals surface area contributed by atoms with E-state index in [1.165, 1.54) is 36.8 Å². The van der Waals surface area contributed by atoms with E-state index in [1.807, 2.05) is 25.7 Å². The fraction of sp³-hybridized carbons (Fsp3) is 0.650. The molecule has 1 saturated carbocycles. The van der Waals surface area contributed by atoms with Crippen LogP contribution >= 0.6 is 8.86 Å². The van der Waals surface area contributed by atoms with Crippen LogP contribution in [-0.2, 0) is 0 Å². The lowest BCUT2D eigenvalue weighted by Gasteiger charge is -2.11. The first kappa shape index (κ1) is 21.2. The molecule has 1 aromatic carbocycles. The van der Waals surface area contributed by atoms with Crippen LogP contribution in [0.2, 0.25) is 0 Å². The van der Waals surface area contributed by atoms with Crippen LogP contribution in [0.15, 0.2) is 12.1 Å². The Morgan fingerprint density at radius 3 is 1.95 bits per heavy atom. The van der Waals surface area contributed by atoms with Gasteiger partial charge < -0.3 is 4.74 Å². The van der Waals surface area contributed by atoms with Crippen molar-refractivity contribution in [2.75, 3.05) is 7.11 Å². The minimum Gasteiger partial charge on any atom is -0.496 e. The van der Waals surface area contributed by atoms with Crippen LogP contribution in [0.4, 0.5) is 0 Å². The van der Waals surface area contributed by atoms with Crippen LogP contribution in [0.5, 0.6) is 5.75 Å². The second kappa shape index (κ2) is 11.7. The molecule has 0 aliphatic heterocycles. The Morgan fingerprint density at radius 1 is 1.09 bits per heavy atom. The van der Waals surface area contributed by atoms with E-state index in [4.69, 9.17) is 4.74 Å². The first-order chi connectivity index (χ1) is 10.5. The molecule has 0 bridgehead atoms. The molecule has 0 saturated heterocycles. The molecule has 1 nitrogen and oxygen atoms in total. The highest BCUT2D eigenvalue weighted by Gasteiger charge is 2.17. The summed E-state index contributed by atoms with van der Waals surface area (Å²) in [7, 11) is 5.03. The van der Waals surface area contributed by atoms with E-state index in [9.17, 15) is 0 Å². The van der Waals surface area contributed by atoms with E-state index >= 15 is 0 Å². The summed E-state index contributed by atoms with van der Waals surface area (Å²) in [5.41, 5.74) is 3.61. The highest BCUT2D eigenvalue weighted by molar-refractivity contribution is 7.19. The summed E-state index contributed by atoms with van der Waals surface area (Å²) < 4.78 is 5.21. The zero-order valence-electron chi connectivity index (χ0n) is 15.6. The predicted octanol–water partition coefficient (Wildman–Crippen LogP) is 6.46. The van der Waals surface area contributed by atoms with Gasteiger partial charge in [-0.15, -0.1) is 8.86 Å². The topological polar surface area (TPSA) is 9.23 Å². The van der Waals surface area contributed by atoms with Gasteiger partial charge in [0.25, 0.3) is 0 Å². The molecular formula is C20H35OP. The van der Waals surface area contributed by atoms with Crippen molar-refractivity contribution in [3.63, 3.8) is 0 Å². The highest BCUT2D eigenvalue weighted by atomic mass is 31.0. The second-order valence-electron chi connectivity index (χ2n) is 6.11. The summed E-state index contributed by atoms with van der Waals surface area (Å²) >= 11 is 0. The standard InChI is InChI=1S/C10H13OP.C8H16.C2H6/c1-7-4-9(6-12)10(11-3)5-8(7)2;1-7(2)8-5-3-4-6-8;1-2/h4-6,12H,1-3H3;7-8H,3-6H2,1-2H3;1-2H3.